The Morgan fingerprint density at radius 1 is 1.27 bits per heavy atom. The minimum atomic E-state index is -1.15. The topological polar surface area (TPSA) is 88.4 Å². The number of halogens is 1. The molecule has 0 spiro atoms. The van der Waals surface area contributed by atoms with Crippen LogP contribution in [0.3, 0.4) is 0 Å². The first kappa shape index (κ1) is 16.0. The van der Waals surface area contributed by atoms with E-state index in [4.69, 9.17) is 5.11 Å². The first-order valence-corrected chi connectivity index (χ1v) is 7.16. The van der Waals surface area contributed by atoms with Crippen molar-refractivity contribution in [3.05, 3.63) is 62.5 Å². The van der Waals surface area contributed by atoms with Crippen LogP contribution in [0.15, 0.2) is 45.8 Å². The molecule has 22 heavy (non-hydrogen) atoms. The number of aryl methyl sites for hydroxylation is 1. The number of rotatable bonds is 4. The molecule has 0 aliphatic heterocycles. The zero-order valence-electron chi connectivity index (χ0n) is 11.7. The number of nitrogens with zero attached hydrogens (tertiary/aromatic N) is 1. The van der Waals surface area contributed by atoms with E-state index < -0.39 is 17.4 Å². The Morgan fingerprint density at radius 3 is 2.64 bits per heavy atom. The van der Waals surface area contributed by atoms with Gasteiger partial charge in [-0.2, -0.15) is 0 Å². The maximum atomic E-state index is 12.0. The van der Waals surface area contributed by atoms with Crippen molar-refractivity contribution in [3.8, 4) is 0 Å². The van der Waals surface area contributed by atoms with E-state index in [2.05, 4.69) is 21.2 Å². The van der Waals surface area contributed by atoms with Crippen LogP contribution in [0.1, 0.15) is 15.9 Å². The highest BCUT2D eigenvalue weighted by Gasteiger charge is 2.10. The lowest BCUT2D eigenvalue weighted by Crippen LogP contribution is -2.27. The second-order valence-electron chi connectivity index (χ2n) is 4.70. The van der Waals surface area contributed by atoms with E-state index in [9.17, 15) is 14.4 Å². The van der Waals surface area contributed by atoms with Gasteiger partial charge >= 0.3 is 5.97 Å². The Hall–Kier alpha value is -2.41. The number of nitrogens with one attached hydrogen (secondary N) is 1. The minimum Gasteiger partial charge on any atom is -0.478 e. The van der Waals surface area contributed by atoms with Crippen LogP contribution >= 0.6 is 15.9 Å². The quantitative estimate of drug-likeness (QED) is 0.870. The van der Waals surface area contributed by atoms with Gasteiger partial charge in [-0.3, -0.25) is 9.59 Å². The summed E-state index contributed by atoms with van der Waals surface area (Å²) in [6.07, 6.45) is 1.15. The molecule has 1 aromatic heterocycles. The summed E-state index contributed by atoms with van der Waals surface area (Å²) in [5.41, 5.74) is 1.02. The molecule has 7 heteroatoms. The number of aromatic carboxylic acids is 1. The molecule has 0 aliphatic carbocycles. The van der Waals surface area contributed by atoms with Gasteiger partial charge in [0.2, 0.25) is 5.91 Å². The second kappa shape index (κ2) is 6.57. The Balaban J connectivity index is 2.17. The molecule has 0 bridgehead atoms. The number of carboxylic acids is 1. The zero-order valence-corrected chi connectivity index (χ0v) is 13.3. The van der Waals surface area contributed by atoms with Crippen molar-refractivity contribution in [2.24, 2.45) is 0 Å². The third-order valence-corrected chi connectivity index (χ3v) is 3.50. The second-order valence-corrected chi connectivity index (χ2v) is 5.61. The molecule has 0 saturated heterocycles. The number of carbonyl (C=O) groups is 2. The summed E-state index contributed by atoms with van der Waals surface area (Å²) in [5, 5.41) is 11.6. The van der Waals surface area contributed by atoms with Gasteiger partial charge in [-0.1, -0.05) is 15.9 Å². The number of amides is 1. The molecular formula is C15H13BrN2O4. The van der Waals surface area contributed by atoms with Crippen LogP contribution in [0.4, 0.5) is 5.69 Å². The van der Waals surface area contributed by atoms with Crippen molar-refractivity contribution >= 4 is 33.5 Å². The largest absolute Gasteiger partial charge is 0.478 e. The number of carbonyl (C=O) groups excluding carboxylic acids is 1. The van der Waals surface area contributed by atoms with Gasteiger partial charge in [-0.15, -0.1) is 0 Å². The maximum Gasteiger partial charge on any atom is 0.337 e. The van der Waals surface area contributed by atoms with E-state index >= 15 is 0 Å². The number of hydrogen-bond donors (Lipinski definition) is 2. The SMILES string of the molecule is Cc1cc(Br)ccc1NC(=O)Cn1cc(C(=O)O)ccc1=O. The lowest BCUT2D eigenvalue weighted by molar-refractivity contribution is -0.116. The molecule has 0 atom stereocenters. The average Bonchev–Trinajstić information content (AvgIpc) is 2.44. The Morgan fingerprint density at radius 2 is 2.00 bits per heavy atom. The van der Waals surface area contributed by atoms with Gasteiger partial charge in [0, 0.05) is 22.4 Å². The van der Waals surface area contributed by atoms with Gasteiger partial charge in [0.05, 0.1) is 5.56 Å². The molecule has 0 fully saturated rings. The molecule has 2 aromatic rings. The molecule has 6 nitrogen and oxygen atoms in total. The first-order valence-electron chi connectivity index (χ1n) is 6.36. The zero-order chi connectivity index (χ0) is 16.3. The third kappa shape index (κ3) is 3.82. The van der Waals surface area contributed by atoms with Crippen molar-refractivity contribution < 1.29 is 14.7 Å². The predicted octanol–water partition coefficient (Wildman–Crippen LogP) is 2.26. The van der Waals surface area contributed by atoms with Gasteiger partial charge in [-0.05, 0) is 36.8 Å². The van der Waals surface area contributed by atoms with E-state index in [1.54, 1.807) is 12.1 Å². The molecule has 114 valence electrons. The molecule has 0 aliphatic rings. The van der Waals surface area contributed by atoms with Crippen molar-refractivity contribution in [2.45, 2.75) is 13.5 Å². The van der Waals surface area contributed by atoms with Crippen LogP contribution in [0.25, 0.3) is 0 Å². The fraction of sp³-hybridized carbons (Fsp3) is 0.133. The highest BCUT2D eigenvalue weighted by atomic mass is 79.9. The van der Waals surface area contributed by atoms with Crippen molar-refractivity contribution in [3.63, 3.8) is 0 Å². The maximum absolute atomic E-state index is 12.0. The molecule has 2 rings (SSSR count). The van der Waals surface area contributed by atoms with Crippen LogP contribution in [0, 0.1) is 6.92 Å². The Bertz CT molecular complexity index is 798. The summed E-state index contributed by atoms with van der Waals surface area (Å²) in [6, 6.07) is 7.72. The van der Waals surface area contributed by atoms with Crippen molar-refractivity contribution in [1.82, 2.24) is 4.57 Å². The van der Waals surface area contributed by atoms with Crippen LogP contribution in [0.2, 0.25) is 0 Å². The lowest BCUT2D eigenvalue weighted by atomic mass is 10.2. The number of carboxylic acid groups (broad SMARTS) is 1. The average molecular weight is 365 g/mol. The summed E-state index contributed by atoms with van der Waals surface area (Å²) in [6.45, 7) is 1.59. The predicted molar refractivity (Wildman–Crippen MR) is 85.2 cm³/mol. The molecule has 0 radical (unpaired) electrons. The highest BCUT2D eigenvalue weighted by molar-refractivity contribution is 9.10. The molecule has 1 aromatic carbocycles. The van der Waals surface area contributed by atoms with Crippen LogP contribution in [-0.4, -0.2) is 21.6 Å². The van der Waals surface area contributed by atoms with Crippen molar-refractivity contribution in [2.75, 3.05) is 5.32 Å². The minimum absolute atomic E-state index is 0.0489. The molecule has 0 unspecified atom stereocenters. The summed E-state index contributed by atoms with van der Waals surface area (Å²) in [4.78, 5) is 34.6. The van der Waals surface area contributed by atoms with Crippen LogP contribution in [-0.2, 0) is 11.3 Å². The summed E-state index contributed by atoms with van der Waals surface area (Å²) < 4.78 is 1.96. The number of benzene rings is 1. The van der Waals surface area contributed by atoms with Gasteiger partial charge in [0.25, 0.3) is 5.56 Å². The smallest absolute Gasteiger partial charge is 0.337 e. The summed E-state index contributed by atoms with van der Waals surface area (Å²) in [7, 11) is 0. The van der Waals surface area contributed by atoms with E-state index in [0.717, 1.165) is 26.9 Å². The van der Waals surface area contributed by atoms with Crippen LogP contribution < -0.4 is 10.9 Å². The normalized spacial score (nSPS) is 10.3. The molecule has 1 amide bonds. The number of pyridine rings is 1. The van der Waals surface area contributed by atoms with Gasteiger partial charge in [-0.25, -0.2) is 4.79 Å². The third-order valence-electron chi connectivity index (χ3n) is 3.01. The standard InChI is InChI=1S/C15H13BrN2O4/c1-9-6-11(16)3-4-12(9)17-13(19)8-18-7-10(15(21)22)2-5-14(18)20/h2-7H,8H2,1H3,(H,17,19)(H,21,22). The fourth-order valence-electron chi connectivity index (χ4n) is 1.89. The first-order chi connectivity index (χ1) is 10.4. The van der Waals surface area contributed by atoms with Crippen LogP contribution in [0.5, 0.6) is 0 Å². The van der Waals surface area contributed by atoms with E-state index in [0.29, 0.717) is 5.69 Å². The Kier molecular flexibility index (Phi) is 4.77. The van der Waals surface area contributed by atoms with E-state index in [1.165, 1.54) is 6.07 Å². The molecule has 2 N–H and O–H groups in total. The lowest BCUT2D eigenvalue weighted by Gasteiger charge is -2.10. The monoisotopic (exact) mass is 364 g/mol. The number of anilines is 1. The molecule has 0 saturated carbocycles. The van der Waals surface area contributed by atoms with Crippen molar-refractivity contribution in [1.29, 1.82) is 0 Å². The summed E-state index contributed by atoms with van der Waals surface area (Å²) in [5.74, 6) is -1.56. The van der Waals surface area contributed by atoms with Gasteiger partial charge < -0.3 is 15.0 Å². The summed E-state index contributed by atoms with van der Waals surface area (Å²) >= 11 is 3.33. The van der Waals surface area contributed by atoms with Gasteiger partial charge in [0.15, 0.2) is 0 Å². The molecular weight excluding hydrogens is 352 g/mol. The van der Waals surface area contributed by atoms with E-state index in [-0.39, 0.29) is 12.1 Å². The molecule has 1 heterocycles. The van der Waals surface area contributed by atoms with E-state index in [1.807, 2.05) is 13.0 Å². The Labute approximate surface area is 134 Å². The van der Waals surface area contributed by atoms with Gasteiger partial charge in [0.1, 0.15) is 6.54 Å². The number of aromatic nitrogens is 1. The number of hydrogen-bond acceptors (Lipinski definition) is 3. The highest BCUT2D eigenvalue weighted by Crippen LogP contribution is 2.19. The fourth-order valence-corrected chi connectivity index (χ4v) is 2.37.